The van der Waals surface area contributed by atoms with Crippen LogP contribution in [0.15, 0.2) is 42.5 Å². The summed E-state index contributed by atoms with van der Waals surface area (Å²) in [5.41, 5.74) is 1.90. The third kappa shape index (κ3) is 3.33. The number of hydrogen-bond donors (Lipinski definition) is 2. The summed E-state index contributed by atoms with van der Waals surface area (Å²) in [5, 5.41) is 5.84. The maximum absolute atomic E-state index is 12.3. The number of amides is 2. The molecule has 2 N–H and O–H groups in total. The smallest absolute Gasteiger partial charge is 0.315 e. The number of carbonyl (C=O) groups is 1. The molecule has 2 aromatic carbocycles. The predicted octanol–water partition coefficient (Wildman–Crippen LogP) is 2.78. The number of fused-ring (bicyclic) bond motifs is 2. The topological polar surface area (TPSA) is 68.8 Å². The van der Waals surface area contributed by atoms with E-state index in [1.165, 1.54) is 0 Å². The number of urea groups is 1. The molecule has 0 saturated heterocycles. The van der Waals surface area contributed by atoms with E-state index in [2.05, 4.69) is 10.6 Å². The Morgan fingerprint density at radius 1 is 1.00 bits per heavy atom. The average molecular weight is 340 g/mol. The van der Waals surface area contributed by atoms with Crippen LogP contribution in [0.3, 0.4) is 0 Å². The van der Waals surface area contributed by atoms with E-state index >= 15 is 0 Å². The third-order valence-corrected chi connectivity index (χ3v) is 4.30. The van der Waals surface area contributed by atoms with Gasteiger partial charge in [0.05, 0.1) is 19.3 Å². The first kappa shape index (κ1) is 15.6. The van der Waals surface area contributed by atoms with Crippen LogP contribution >= 0.6 is 0 Å². The number of benzene rings is 2. The summed E-state index contributed by atoms with van der Waals surface area (Å²) in [6, 6.07) is 13.1. The van der Waals surface area contributed by atoms with Crippen molar-refractivity contribution in [3.8, 4) is 17.2 Å². The van der Waals surface area contributed by atoms with Crippen LogP contribution in [-0.4, -0.2) is 25.9 Å². The highest BCUT2D eigenvalue weighted by atomic mass is 16.5. The van der Waals surface area contributed by atoms with Gasteiger partial charge in [-0.1, -0.05) is 30.3 Å². The molecule has 0 aromatic heterocycles. The van der Waals surface area contributed by atoms with Crippen molar-refractivity contribution in [2.75, 3.05) is 19.8 Å². The number of hydrogen-bond acceptors (Lipinski definition) is 4. The third-order valence-electron chi connectivity index (χ3n) is 4.30. The Balaban J connectivity index is 1.39. The van der Waals surface area contributed by atoms with E-state index in [1.807, 2.05) is 42.5 Å². The minimum atomic E-state index is -0.238. The number of rotatable bonds is 3. The van der Waals surface area contributed by atoms with E-state index in [9.17, 15) is 4.79 Å². The molecule has 0 bridgehead atoms. The van der Waals surface area contributed by atoms with Crippen LogP contribution in [0, 0.1) is 0 Å². The predicted molar refractivity (Wildman–Crippen MR) is 92.1 cm³/mol. The minimum absolute atomic E-state index is 0.135. The summed E-state index contributed by atoms with van der Waals surface area (Å²) in [4.78, 5) is 12.3. The van der Waals surface area contributed by atoms with Crippen LogP contribution in [0.5, 0.6) is 17.2 Å². The fourth-order valence-electron chi connectivity index (χ4n) is 3.06. The summed E-state index contributed by atoms with van der Waals surface area (Å²) in [5.74, 6) is 2.27. The van der Waals surface area contributed by atoms with Gasteiger partial charge in [-0.05, 0) is 12.1 Å². The van der Waals surface area contributed by atoms with Gasteiger partial charge in [0.15, 0.2) is 11.5 Å². The summed E-state index contributed by atoms with van der Waals surface area (Å²) < 4.78 is 17.0. The zero-order valence-electron chi connectivity index (χ0n) is 13.8. The van der Waals surface area contributed by atoms with Crippen LogP contribution < -0.4 is 24.8 Å². The van der Waals surface area contributed by atoms with Crippen LogP contribution in [0.25, 0.3) is 0 Å². The second-order valence-electron chi connectivity index (χ2n) is 6.02. The number of para-hydroxylation sites is 2. The highest BCUT2D eigenvalue weighted by Crippen LogP contribution is 2.33. The molecule has 1 atom stereocenters. The van der Waals surface area contributed by atoms with Gasteiger partial charge in [-0.15, -0.1) is 0 Å². The fourth-order valence-corrected chi connectivity index (χ4v) is 3.06. The van der Waals surface area contributed by atoms with Gasteiger partial charge in [0.2, 0.25) is 0 Å². The zero-order valence-corrected chi connectivity index (χ0v) is 13.8. The molecule has 0 unspecified atom stereocenters. The highest BCUT2D eigenvalue weighted by molar-refractivity contribution is 5.75. The molecule has 0 aliphatic carbocycles. The van der Waals surface area contributed by atoms with Crippen molar-refractivity contribution >= 4 is 6.03 Å². The standard InChI is InChI=1S/C19H20N2O4/c22-19(21-15-12-25-16-7-2-1-6-14(15)16)20-11-13-5-3-8-17-18(13)24-10-4-9-23-17/h1-3,5-8,15H,4,9-12H2,(H2,20,21,22)/t15-/m0/s1. The minimum Gasteiger partial charge on any atom is -0.491 e. The van der Waals surface area contributed by atoms with Crippen molar-refractivity contribution in [2.45, 2.75) is 19.0 Å². The Hall–Kier alpha value is -2.89. The largest absolute Gasteiger partial charge is 0.491 e. The molecule has 2 aromatic rings. The maximum atomic E-state index is 12.3. The molecule has 0 radical (unpaired) electrons. The Bertz CT molecular complexity index is 778. The van der Waals surface area contributed by atoms with Gasteiger partial charge < -0.3 is 24.8 Å². The lowest BCUT2D eigenvalue weighted by molar-refractivity contribution is 0.231. The molecule has 2 aliphatic rings. The van der Waals surface area contributed by atoms with Gasteiger partial charge in [-0.3, -0.25) is 0 Å². The van der Waals surface area contributed by atoms with Gasteiger partial charge >= 0.3 is 6.03 Å². The summed E-state index contributed by atoms with van der Waals surface area (Å²) in [6.07, 6.45) is 0.850. The molecule has 0 spiro atoms. The molecule has 6 heteroatoms. The molecule has 2 heterocycles. The molecule has 0 saturated carbocycles. The first-order valence-corrected chi connectivity index (χ1v) is 8.45. The van der Waals surface area contributed by atoms with Crippen molar-refractivity contribution in [3.05, 3.63) is 53.6 Å². The highest BCUT2D eigenvalue weighted by Gasteiger charge is 2.25. The first-order chi connectivity index (χ1) is 12.3. The summed E-state index contributed by atoms with van der Waals surface area (Å²) >= 11 is 0. The fraction of sp³-hybridized carbons (Fsp3) is 0.316. The summed E-state index contributed by atoms with van der Waals surface area (Å²) in [7, 11) is 0. The molecule has 25 heavy (non-hydrogen) atoms. The molecule has 130 valence electrons. The molecule has 2 aliphatic heterocycles. The van der Waals surface area contributed by atoms with Crippen LogP contribution in [-0.2, 0) is 6.54 Å². The van der Waals surface area contributed by atoms with Crippen LogP contribution in [0.1, 0.15) is 23.6 Å². The Morgan fingerprint density at radius 2 is 1.84 bits per heavy atom. The lowest BCUT2D eigenvalue weighted by atomic mass is 10.1. The van der Waals surface area contributed by atoms with E-state index in [0.717, 1.165) is 34.8 Å². The molecular formula is C19H20N2O4. The first-order valence-electron chi connectivity index (χ1n) is 8.45. The Kier molecular flexibility index (Phi) is 4.33. The van der Waals surface area contributed by atoms with Crippen LogP contribution in [0.4, 0.5) is 4.79 Å². The van der Waals surface area contributed by atoms with Crippen LogP contribution in [0.2, 0.25) is 0 Å². The van der Waals surface area contributed by atoms with Gasteiger partial charge in [0, 0.05) is 24.1 Å². The second-order valence-corrected chi connectivity index (χ2v) is 6.02. The molecule has 4 rings (SSSR count). The van der Waals surface area contributed by atoms with Crippen molar-refractivity contribution in [3.63, 3.8) is 0 Å². The van der Waals surface area contributed by atoms with E-state index in [4.69, 9.17) is 14.2 Å². The average Bonchev–Trinajstić information content (AvgIpc) is 2.88. The lowest BCUT2D eigenvalue weighted by Crippen LogP contribution is -2.38. The van der Waals surface area contributed by atoms with Crippen molar-refractivity contribution in [1.29, 1.82) is 0 Å². The lowest BCUT2D eigenvalue weighted by Gasteiger charge is -2.15. The quantitative estimate of drug-likeness (QED) is 0.901. The molecule has 6 nitrogen and oxygen atoms in total. The summed E-state index contributed by atoms with van der Waals surface area (Å²) in [6.45, 7) is 2.08. The normalized spacial score (nSPS) is 17.8. The van der Waals surface area contributed by atoms with Crippen molar-refractivity contribution in [1.82, 2.24) is 10.6 Å². The van der Waals surface area contributed by atoms with E-state index in [-0.39, 0.29) is 12.1 Å². The monoisotopic (exact) mass is 340 g/mol. The zero-order chi connectivity index (χ0) is 17.1. The van der Waals surface area contributed by atoms with Crippen molar-refractivity contribution in [2.24, 2.45) is 0 Å². The maximum Gasteiger partial charge on any atom is 0.315 e. The number of ether oxygens (including phenoxy) is 3. The van der Waals surface area contributed by atoms with E-state index in [1.54, 1.807) is 0 Å². The van der Waals surface area contributed by atoms with Crippen molar-refractivity contribution < 1.29 is 19.0 Å². The van der Waals surface area contributed by atoms with Gasteiger partial charge in [-0.25, -0.2) is 4.79 Å². The second kappa shape index (κ2) is 6.93. The molecule has 0 fully saturated rings. The Labute approximate surface area is 146 Å². The SMILES string of the molecule is O=C(NCc1cccc2c1OCCCO2)N[C@H]1COc2ccccc21. The molecule has 2 amide bonds. The van der Waals surface area contributed by atoms with Gasteiger partial charge in [0.1, 0.15) is 12.4 Å². The molecular weight excluding hydrogens is 320 g/mol. The van der Waals surface area contributed by atoms with Gasteiger partial charge in [0.25, 0.3) is 0 Å². The Morgan fingerprint density at radius 3 is 2.80 bits per heavy atom. The number of carbonyl (C=O) groups excluding carboxylic acids is 1. The van der Waals surface area contributed by atoms with E-state index in [0.29, 0.717) is 26.4 Å². The number of nitrogens with one attached hydrogen (secondary N) is 2. The van der Waals surface area contributed by atoms with E-state index < -0.39 is 0 Å². The van der Waals surface area contributed by atoms with Gasteiger partial charge in [-0.2, -0.15) is 0 Å².